The molecule has 1 N–H and O–H groups in total. The van der Waals surface area contributed by atoms with E-state index in [0.717, 1.165) is 24.1 Å². The lowest BCUT2D eigenvalue weighted by molar-refractivity contribution is -0.146. The van der Waals surface area contributed by atoms with Gasteiger partial charge in [0, 0.05) is 24.1 Å². The molecule has 0 aromatic carbocycles. The summed E-state index contributed by atoms with van der Waals surface area (Å²) in [7, 11) is 0. The van der Waals surface area contributed by atoms with Crippen molar-refractivity contribution in [2.24, 2.45) is 0 Å². The van der Waals surface area contributed by atoms with E-state index in [1.807, 2.05) is 13.8 Å². The first-order valence-electron chi connectivity index (χ1n) is 4.77. The van der Waals surface area contributed by atoms with E-state index in [1.165, 1.54) is 0 Å². The molecule has 1 atom stereocenters. The smallest absolute Gasteiger partial charge is 0.0940 e. The first-order valence-corrected chi connectivity index (χ1v) is 5.56. The average molecular weight is 264 g/mol. The van der Waals surface area contributed by atoms with Crippen molar-refractivity contribution in [3.63, 3.8) is 0 Å². The van der Waals surface area contributed by atoms with Gasteiger partial charge < -0.3 is 9.84 Å². The van der Waals surface area contributed by atoms with Gasteiger partial charge in [-0.2, -0.15) is 0 Å². The molecule has 0 saturated carbocycles. The van der Waals surface area contributed by atoms with Crippen molar-refractivity contribution in [3.8, 4) is 0 Å². The Morgan fingerprint density at radius 1 is 1.71 bits per heavy atom. The number of aliphatic hydroxyl groups is 1. The van der Waals surface area contributed by atoms with Gasteiger partial charge in [0.2, 0.25) is 0 Å². The topological polar surface area (TPSA) is 32.7 Å². The second kappa shape index (κ2) is 4.75. The molecule has 0 aromatic rings. The summed E-state index contributed by atoms with van der Waals surface area (Å²) in [6.45, 7) is 10.4. The second-order valence-corrected chi connectivity index (χ2v) is 5.49. The molecule has 0 aromatic heterocycles. The minimum Gasteiger partial charge on any atom is -0.394 e. The Bertz CT molecular complexity index is 218. The molecule has 1 aliphatic rings. The van der Waals surface area contributed by atoms with Crippen LogP contribution in [0.5, 0.6) is 0 Å². The van der Waals surface area contributed by atoms with Crippen LogP contribution < -0.4 is 0 Å². The molecule has 1 rings (SSSR count). The van der Waals surface area contributed by atoms with E-state index < -0.39 is 0 Å². The molecule has 1 heterocycles. The van der Waals surface area contributed by atoms with Crippen molar-refractivity contribution in [1.82, 2.24) is 4.90 Å². The number of hydrogen-bond donors (Lipinski definition) is 1. The number of hydrogen-bond acceptors (Lipinski definition) is 3. The van der Waals surface area contributed by atoms with Gasteiger partial charge in [-0.15, -0.1) is 0 Å². The molecular formula is C10H18BrNO2. The molecule has 0 radical (unpaired) electrons. The molecule has 82 valence electrons. The van der Waals surface area contributed by atoms with Gasteiger partial charge in [0.25, 0.3) is 0 Å². The Morgan fingerprint density at radius 3 is 2.86 bits per heavy atom. The Kier molecular flexibility index (Phi) is 4.13. The van der Waals surface area contributed by atoms with Gasteiger partial charge in [-0.05, 0) is 13.8 Å². The third-order valence-electron chi connectivity index (χ3n) is 2.15. The summed E-state index contributed by atoms with van der Waals surface area (Å²) >= 11 is 3.35. The van der Waals surface area contributed by atoms with Crippen LogP contribution >= 0.6 is 15.9 Å². The molecule has 1 unspecified atom stereocenters. The summed E-state index contributed by atoms with van der Waals surface area (Å²) in [5.74, 6) is 0. The zero-order chi connectivity index (χ0) is 10.8. The maximum atomic E-state index is 9.09. The van der Waals surface area contributed by atoms with E-state index in [0.29, 0.717) is 0 Å². The first kappa shape index (κ1) is 12.2. The van der Waals surface area contributed by atoms with Crippen LogP contribution in [0, 0.1) is 0 Å². The normalized spacial score (nSPS) is 27.6. The summed E-state index contributed by atoms with van der Waals surface area (Å²) in [4.78, 5) is 2.24. The van der Waals surface area contributed by atoms with E-state index in [9.17, 15) is 0 Å². The maximum absolute atomic E-state index is 9.09. The zero-order valence-electron chi connectivity index (χ0n) is 8.79. The third kappa shape index (κ3) is 3.69. The van der Waals surface area contributed by atoms with E-state index in [4.69, 9.17) is 9.84 Å². The van der Waals surface area contributed by atoms with E-state index in [-0.39, 0.29) is 18.3 Å². The first-order chi connectivity index (χ1) is 6.43. The number of rotatable bonds is 3. The average Bonchev–Trinajstić information content (AvgIpc) is 1.99. The Hall–Kier alpha value is 0.1000. The summed E-state index contributed by atoms with van der Waals surface area (Å²) in [6, 6.07) is 0. The highest BCUT2D eigenvalue weighted by atomic mass is 79.9. The molecule has 0 amide bonds. The highest BCUT2D eigenvalue weighted by molar-refractivity contribution is 9.11. The molecule has 14 heavy (non-hydrogen) atoms. The predicted molar refractivity (Wildman–Crippen MR) is 60.5 cm³/mol. The lowest BCUT2D eigenvalue weighted by Gasteiger charge is -2.42. The molecule has 4 heteroatoms. The van der Waals surface area contributed by atoms with Gasteiger partial charge in [0.05, 0.1) is 18.3 Å². The van der Waals surface area contributed by atoms with Gasteiger partial charge in [-0.25, -0.2) is 0 Å². The summed E-state index contributed by atoms with van der Waals surface area (Å²) < 4.78 is 6.66. The van der Waals surface area contributed by atoms with Crippen LogP contribution in [0.1, 0.15) is 13.8 Å². The molecule has 0 spiro atoms. The number of nitrogens with zero attached hydrogens (tertiary/aromatic N) is 1. The van der Waals surface area contributed by atoms with Crippen molar-refractivity contribution in [1.29, 1.82) is 0 Å². The fourth-order valence-electron chi connectivity index (χ4n) is 1.87. The standard InChI is InChI=1S/C10H18BrNO2/c1-8(11)4-12-5-9(6-13)14-10(2,3)7-12/h9,13H,1,4-7H2,2-3H3. The van der Waals surface area contributed by atoms with Crippen LogP contribution in [0.15, 0.2) is 11.1 Å². The Balaban J connectivity index is 2.56. The van der Waals surface area contributed by atoms with Crippen molar-refractivity contribution in [2.45, 2.75) is 25.6 Å². The van der Waals surface area contributed by atoms with Gasteiger partial charge in [-0.1, -0.05) is 22.5 Å². The fraction of sp³-hybridized carbons (Fsp3) is 0.800. The Labute approximate surface area is 93.9 Å². The van der Waals surface area contributed by atoms with Crippen LogP contribution in [0.25, 0.3) is 0 Å². The Morgan fingerprint density at radius 2 is 2.36 bits per heavy atom. The second-order valence-electron chi connectivity index (χ2n) is 4.37. The van der Waals surface area contributed by atoms with E-state index in [2.05, 4.69) is 27.4 Å². The van der Waals surface area contributed by atoms with Gasteiger partial charge >= 0.3 is 0 Å². The van der Waals surface area contributed by atoms with Crippen LogP contribution in [0.4, 0.5) is 0 Å². The highest BCUT2D eigenvalue weighted by Crippen LogP contribution is 2.21. The zero-order valence-corrected chi connectivity index (χ0v) is 10.4. The van der Waals surface area contributed by atoms with Gasteiger partial charge in [0.15, 0.2) is 0 Å². The maximum Gasteiger partial charge on any atom is 0.0940 e. The lowest BCUT2D eigenvalue weighted by atomic mass is 10.1. The minimum atomic E-state index is -0.186. The van der Waals surface area contributed by atoms with Crippen LogP contribution in [0.3, 0.4) is 0 Å². The van der Waals surface area contributed by atoms with Crippen LogP contribution in [-0.2, 0) is 4.74 Å². The predicted octanol–water partition coefficient (Wildman–Crippen LogP) is 1.37. The quantitative estimate of drug-likeness (QED) is 0.835. The molecule has 1 aliphatic heterocycles. The molecule has 1 fully saturated rings. The number of ether oxygens (including phenoxy) is 1. The molecule has 0 aliphatic carbocycles. The number of halogens is 1. The lowest BCUT2D eigenvalue weighted by Crippen LogP contribution is -2.53. The van der Waals surface area contributed by atoms with Gasteiger partial charge in [0.1, 0.15) is 0 Å². The number of morpholine rings is 1. The minimum absolute atomic E-state index is 0.0781. The largest absolute Gasteiger partial charge is 0.394 e. The van der Waals surface area contributed by atoms with Gasteiger partial charge in [-0.3, -0.25) is 4.90 Å². The van der Waals surface area contributed by atoms with Crippen molar-refractivity contribution >= 4 is 15.9 Å². The van der Waals surface area contributed by atoms with Crippen molar-refractivity contribution in [2.75, 3.05) is 26.2 Å². The number of aliphatic hydroxyl groups excluding tert-OH is 1. The molecule has 3 nitrogen and oxygen atoms in total. The van der Waals surface area contributed by atoms with Crippen LogP contribution in [-0.4, -0.2) is 48.0 Å². The molecular weight excluding hydrogens is 246 g/mol. The summed E-state index contributed by atoms with van der Waals surface area (Å²) in [6.07, 6.45) is -0.0781. The monoisotopic (exact) mass is 263 g/mol. The highest BCUT2D eigenvalue weighted by Gasteiger charge is 2.32. The van der Waals surface area contributed by atoms with Crippen LogP contribution in [0.2, 0.25) is 0 Å². The van der Waals surface area contributed by atoms with E-state index >= 15 is 0 Å². The van der Waals surface area contributed by atoms with Crippen molar-refractivity contribution in [3.05, 3.63) is 11.1 Å². The van der Waals surface area contributed by atoms with E-state index in [1.54, 1.807) is 0 Å². The SMILES string of the molecule is C=C(Br)CN1CC(CO)OC(C)(C)C1. The molecule has 0 bridgehead atoms. The summed E-state index contributed by atoms with van der Waals surface area (Å²) in [5, 5.41) is 9.09. The summed E-state index contributed by atoms with van der Waals surface area (Å²) in [5.41, 5.74) is -0.186. The molecule has 1 saturated heterocycles. The third-order valence-corrected chi connectivity index (χ3v) is 2.40. The fourth-order valence-corrected chi connectivity index (χ4v) is 2.23. The van der Waals surface area contributed by atoms with Crippen molar-refractivity contribution < 1.29 is 9.84 Å².